The number of hydrogen-bond acceptors (Lipinski definition) is 5. The first-order valence-electron chi connectivity index (χ1n) is 11.0. The van der Waals surface area contributed by atoms with Crippen LogP contribution in [0.15, 0.2) is 47.6 Å². The number of benzene rings is 2. The van der Waals surface area contributed by atoms with Gasteiger partial charge in [0.1, 0.15) is 5.75 Å². The molecule has 6 nitrogen and oxygen atoms in total. The predicted octanol–water partition coefficient (Wildman–Crippen LogP) is 5.91. The number of carbonyl (C=O) groups excluding carboxylic acids is 1. The van der Waals surface area contributed by atoms with E-state index in [1.165, 1.54) is 17.3 Å². The van der Waals surface area contributed by atoms with Crippen LogP contribution in [0.5, 0.6) is 5.75 Å². The molecule has 1 atom stereocenters. The summed E-state index contributed by atoms with van der Waals surface area (Å²) in [6.07, 6.45) is -0.259. The third-order valence-electron chi connectivity index (χ3n) is 5.28. The second-order valence-corrected chi connectivity index (χ2v) is 9.17. The van der Waals surface area contributed by atoms with Crippen LogP contribution >= 0.6 is 11.8 Å². The minimum absolute atomic E-state index is 0.0644. The number of nitrogens with zero attached hydrogens (tertiary/aromatic N) is 3. The molecule has 0 bridgehead atoms. The fraction of sp³-hybridized carbons (Fsp3) is 0.400. The predicted molar refractivity (Wildman–Crippen MR) is 131 cm³/mol. The molecule has 7 heteroatoms. The first kappa shape index (κ1) is 23.9. The number of thioether (sulfide) groups is 1. The van der Waals surface area contributed by atoms with Crippen molar-refractivity contribution >= 4 is 23.4 Å². The lowest BCUT2D eigenvalue weighted by Crippen LogP contribution is -2.16. The Morgan fingerprint density at radius 2 is 1.81 bits per heavy atom. The van der Waals surface area contributed by atoms with Gasteiger partial charge in [-0.25, -0.2) is 0 Å². The van der Waals surface area contributed by atoms with E-state index in [0.717, 1.165) is 28.4 Å². The van der Waals surface area contributed by atoms with E-state index in [1.807, 2.05) is 62.6 Å². The maximum atomic E-state index is 12.5. The lowest BCUT2D eigenvalue weighted by Gasteiger charge is -2.16. The molecule has 3 rings (SSSR count). The highest BCUT2D eigenvalue weighted by Gasteiger charge is 2.19. The summed E-state index contributed by atoms with van der Waals surface area (Å²) in [5.74, 6) is 2.23. The minimum atomic E-state index is -0.259. The van der Waals surface area contributed by atoms with Crippen molar-refractivity contribution in [3.63, 3.8) is 0 Å². The average molecular weight is 453 g/mol. The molecule has 0 fully saturated rings. The quantitative estimate of drug-likeness (QED) is 0.409. The van der Waals surface area contributed by atoms with Gasteiger partial charge in [-0.1, -0.05) is 49.9 Å². The Morgan fingerprint density at radius 3 is 2.47 bits per heavy atom. The lowest BCUT2D eigenvalue weighted by atomic mass is 10.0. The van der Waals surface area contributed by atoms with Crippen LogP contribution in [0.4, 0.5) is 5.69 Å². The number of carbonyl (C=O) groups is 1. The van der Waals surface area contributed by atoms with Crippen LogP contribution in [-0.4, -0.2) is 26.4 Å². The highest BCUT2D eigenvalue weighted by atomic mass is 32.2. The molecular weight excluding hydrogens is 420 g/mol. The van der Waals surface area contributed by atoms with Crippen LogP contribution in [0.2, 0.25) is 0 Å². The van der Waals surface area contributed by atoms with E-state index in [9.17, 15) is 4.79 Å². The van der Waals surface area contributed by atoms with Crippen LogP contribution in [0.3, 0.4) is 0 Å². The Morgan fingerprint density at radius 1 is 1.09 bits per heavy atom. The molecule has 2 aromatic carbocycles. The summed E-state index contributed by atoms with van der Waals surface area (Å²) in [6.45, 7) is 13.0. The standard InChI is InChI=1S/C25H32N4O2S/c1-7-29-24(19(6)31-21-12-10-20(11-13-21)16(2)3)27-28-25(29)32-15-23(30)26-22-14-17(4)8-9-18(22)5/h8-14,16,19H,7,15H2,1-6H3,(H,26,30). The molecule has 0 radical (unpaired) electrons. The first-order valence-corrected chi connectivity index (χ1v) is 12.0. The van der Waals surface area contributed by atoms with Crippen molar-refractivity contribution < 1.29 is 9.53 Å². The summed E-state index contributed by atoms with van der Waals surface area (Å²) < 4.78 is 8.11. The van der Waals surface area contributed by atoms with Gasteiger partial charge in [0.15, 0.2) is 17.1 Å². The maximum absolute atomic E-state index is 12.5. The van der Waals surface area contributed by atoms with Crippen molar-refractivity contribution in [3.8, 4) is 5.75 Å². The van der Waals surface area contributed by atoms with Crippen molar-refractivity contribution in [1.82, 2.24) is 14.8 Å². The Kier molecular flexibility index (Phi) is 7.96. The third-order valence-corrected chi connectivity index (χ3v) is 6.25. The molecule has 32 heavy (non-hydrogen) atoms. The normalized spacial score (nSPS) is 12.1. The largest absolute Gasteiger partial charge is 0.483 e. The third kappa shape index (κ3) is 5.91. The second kappa shape index (κ2) is 10.7. The highest BCUT2D eigenvalue weighted by Crippen LogP contribution is 2.26. The molecule has 170 valence electrons. The summed E-state index contributed by atoms with van der Waals surface area (Å²) in [5, 5.41) is 12.4. The van der Waals surface area contributed by atoms with Crippen LogP contribution in [0.1, 0.15) is 62.2 Å². The molecule has 3 aromatic rings. The number of rotatable bonds is 9. The van der Waals surface area contributed by atoms with E-state index in [4.69, 9.17) is 4.74 Å². The van der Waals surface area contributed by atoms with Gasteiger partial charge in [0, 0.05) is 12.2 Å². The number of nitrogens with one attached hydrogen (secondary N) is 1. The molecule has 0 aliphatic rings. The second-order valence-electron chi connectivity index (χ2n) is 8.22. The van der Waals surface area contributed by atoms with Crippen molar-refractivity contribution in [2.45, 2.75) is 65.3 Å². The molecule has 0 spiro atoms. The zero-order valence-corrected chi connectivity index (χ0v) is 20.5. The van der Waals surface area contributed by atoms with Crippen molar-refractivity contribution in [1.29, 1.82) is 0 Å². The molecule has 1 heterocycles. The summed E-state index contributed by atoms with van der Waals surface area (Å²) in [6, 6.07) is 14.2. The molecule has 0 saturated carbocycles. The Balaban J connectivity index is 1.63. The number of ether oxygens (including phenoxy) is 1. The lowest BCUT2D eigenvalue weighted by molar-refractivity contribution is -0.113. The van der Waals surface area contributed by atoms with Gasteiger partial charge in [0.2, 0.25) is 5.91 Å². The number of aryl methyl sites for hydroxylation is 2. The fourth-order valence-electron chi connectivity index (χ4n) is 3.38. The molecular formula is C25H32N4O2S. The Hall–Kier alpha value is -2.80. The van der Waals surface area contributed by atoms with E-state index in [1.54, 1.807) is 0 Å². The topological polar surface area (TPSA) is 69.0 Å². The van der Waals surface area contributed by atoms with Crippen molar-refractivity contribution in [2.75, 3.05) is 11.1 Å². The number of hydrogen-bond donors (Lipinski definition) is 1. The summed E-state index contributed by atoms with van der Waals surface area (Å²) >= 11 is 1.38. The zero-order valence-electron chi connectivity index (χ0n) is 19.7. The fourth-order valence-corrected chi connectivity index (χ4v) is 4.19. The van der Waals surface area contributed by atoms with E-state index in [-0.39, 0.29) is 17.8 Å². The van der Waals surface area contributed by atoms with Crippen LogP contribution in [-0.2, 0) is 11.3 Å². The Bertz CT molecular complexity index is 1060. The number of anilines is 1. The van der Waals surface area contributed by atoms with E-state index in [0.29, 0.717) is 17.6 Å². The molecule has 0 saturated heterocycles. The van der Waals surface area contributed by atoms with Crippen molar-refractivity contribution in [2.24, 2.45) is 0 Å². The summed E-state index contributed by atoms with van der Waals surface area (Å²) in [7, 11) is 0. The van der Waals surface area contributed by atoms with Gasteiger partial charge < -0.3 is 14.6 Å². The van der Waals surface area contributed by atoms with Gasteiger partial charge >= 0.3 is 0 Å². The highest BCUT2D eigenvalue weighted by molar-refractivity contribution is 7.99. The minimum Gasteiger partial charge on any atom is -0.483 e. The Labute approximate surface area is 194 Å². The zero-order chi connectivity index (χ0) is 23.3. The number of aromatic nitrogens is 3. The monoisotopic (exact) mass is 452 g/mol. The van der Waals surface area contributed by atoms with Gasteiger partial charge in [-0.3, -0.25) is 4.79 Å². The SMILES string of the molecule is CCn1c(SCC(=O)Nc2cc(C)ccc2C)nnc1C(C)Oc1ccc(C(C)C)cc1. The van der Waals surface area contributed by atoms with E-state index >= 15 is 0 Å². The van der Waals surface area contributed by atoms with Gasteiger partial charge in [0.25, 0.3) is 0 Å². The number of amides is 1. The summed E-state index contributed by atoms with van der Waals surface area (Å²) in [4.78, 5) is 12.5. The molecule has 1 N–H and O–H groups in total. The van der Waals surface area contributed by atoms with Crippen LogP contribution < -0.4 is 10.1 Å². The van der Waals surface area contributed by atoms with Crippen molar-refractivity contribution in [3.05, 3.63) is 65.0 Å². The first-order chi connectivity index (χ1) is 15.3. The molecule has 0 aliphatic carbocycles. The smallest absolute Gasteiger partial charge is 0.234 e. The van der Waals surface area contributed by atoms with E-state index in [2.05, 4.69) is 41.5 Å². The van der Waals surface area contributed by atoms with E-state index < -0.39 is 0 Å². The molecule has 1 aromatic heterocycles. The van der Waals surface area contributed by atoms with Gasteiger partial charge in [0.05, 0.1) is 5.75 Å². The molecule has 0 aliphatic heterocycles. The van der Waals surface area contributed by atoms with Gasteiger partial charge in [-0.2, -0.15) is 0 Å². The van der Waals surface area contributed by atoms with Gasteiger partial charge in [-0.05, 0) is 68.5 Å². The molecule has 1 amide bonds. The molecule has 1 unspecified atom stereocenters. The van der Waals surface area contributed by atoms with Crippen LogP contribution in [0, 0.1) is 13.8 Å². The van der Waals surface area contributed by atoms with Gasteiger partial charge in [-0.15, -0.1) is 10.2 Å². The summed E-state index contributed by atoms with van der Waals surface area (Å²) in [5.41, 5.74) is 4.28. The van der Waals surface area contributed by atoms with Crippen LogP contribution in [0.25, 0.3) is 0 Å². The maximum Gasteiger partial charge on any atom is 0.234 e. The average Bonchev–Trinajstić information content (AvgIpc) is 3.18.